The van der Waals surface area contributed by atoms with E-state index in [2.05, 4.69) is 5.32 Å². The molecule has 0 saturated carbocycles. The number of hydrogen-bond donors (Lipinski definition) is 2. The molecule has 1 aromatic heterocycles. The Kier molecular flexibility index (Phi) is 5.38. The number of esters is 1. The van der Waals surface area contributed by atoms with E-state index in [0.717, 1.165) is 17.8 Å². The van der Waals surface area contributed by atoms with Crippen LogP contribution >= 0.6 is 11.3 Å². The highest BCUT2D eigenvalue weighted by Gasteiger charge is 2.29. The lowest BCUT2D eigenvalue weighted by atomic mass is 10.1. The monoisotopic (exact) mass is 340 g/mol. The van der Waals surface area contributed by atoms with E-state index in [1.165, 1.54) is 0 Å². The van der Waals surface area contributed by atoms with Crippen molar-refractivity contribution in [2.45, 2.75) is 45.8 Å². The van der Waals surface area contributed by atoms with Crippen LogP contribution in [0.2, 0.25) is 0 Å². The summed E-state index contributed by atoms with van der Waals surface area (Å²) in [4.78, 5) is 36.2. The first kappa shape index (κ1) is 17.4. The number of ether oxygens (including phenoxy) is 2. The minimum atomic E-state index is -0.649. The fourth-order valence-electron chi connectivity index (χ4n) is 2.33. The van der Waals surface area contributed by atoms with Crippen molar-refractivity contribution in [3.63, 3.8) is 0 Å². The normalized spacial score (nSPS) is 17.3. The molecule has 3 N–H and O–H groups in total. The summed E-state index contributed by atoms with van der Waals surface area (Å²) in [5, 5.41) is 2.93. The van der Waals surface area contributed by atoms with Gasteiger partial charge in [-0.1, -0.05) is 0 Å². The molecule has 1 fully saturated rings. The van der Waals surface area contributed by atoms with Crippen LogP contribution < -0.4 is 11.1 Å². The molecule has 0 radical (unpaired) electrons. The Bertz CT molecular complexity index is 632. The van der Waals surface area contributed by atoms with Gasteiger partial charge in [0.1, 0.15) is 11.1 Å². The molecule has 1 aliphatic heterocycles. The molecule has 0 unspecified atom stereocenters. The van der Waals surface area contributed by atoms with Gasteiger partial charge in [-0.25, -0.2) is 4.79 Å². The first-order valence-electron chi connectivity index (χ1n) is 7.38. The second-order valence-electron chi connectivity index (χ2n) is 5.57. The fourth-order valence-corrected chi connectivity index (χ4v) is 3.38. The van der Waals surface area contributed by atoms with E-state index in [0.29, 0.717) is 18.6 Å². The van der Waals surface area contributed by atoms with E-state index < -0.39 is 18.0 Å². The first-order valence-corrected chi connectivity index (χ1v) is 8.19. The highest BCUT2D eigenvalue weighted by atomic mass is 32.1. The van der Waals surface area contributed by atoms with Crippen LogP contribution in [0.15, 0.2) is 0 Å². The second-order valence-corrected chi connectivity index (χ2v) is 6.59. The Labute approximate surface area is 138 Å². The standard InChI is InChI=1S/C15H20N2O5S/c1-7(2)22-15(20)10-8(3)11(12(16)18)23-14(10)17-13(19)9-5-4-6-21-9/h7,9H,4-6H2,1-3H3,(H2,16,18)(H,17,19)/t9-/m0/s1. The number of primary amides is 1. The summed E-state index contributed by atoms with van der Waals surface area (Å²) in [6.45, 7) is 5.59. The Morgan fingerprint density at radius 2 is 2.09 bits per heavy atom. The smallest absolute Gasteiger partial charge is 0.341 e. The number of amides is 2. The van der Waals surface area contributed by atoms with Gasteiger partial charge in [0, 0.05) is 6.61 Å². The van der Waals surface area contributed by atoms with Gasteiger partial charge in [0.25, 0.3) is 11.8 Å². The maximum atomic E-state index is 12.3. The number of carbonyl (C=O) groups excluding carboxylic acids is 3. The molecule has 0 spiro atoms. The highest BCUT2D eigenvalue weighted by Crippen LogP contribution is 2.34. The van der Waals surface area contributed by atoms with E-state index >= 15 is 0 Å². The van der Waals surface area contributed by atoms with Gasteiger partial charge in [-0.2, -0.15) is 0 Å². The van der Waals surface area contributed by atoms with Crippen molar-refractivity contribution >= 4 is 34.1 Å². The van der Waals surface area contributed by atoms with Crippen molar-refractivity contribution in [2.75, 3.05) is 11.9 Å². The summed E-state index contributed by atoms with van der Waals surface area (Å²) in [7, 11) is 0. The molecule has 0 aromatic carbocycles. The molecule has 1 atom stereocenters. The van der Waals surface area contributed by atoms with Gasteiger partial charge in [-0.15, -0.1) is 11.3 Å². The third-order valence-corrected chi connectivity index (χ3v) is 4.60. The molecular weight excluding hydrogens is 320 g/mol. The largest absolute Gasteiger partial charge is 0.459 e. The second kappa shape index (κ2) is 7.10. The SMILES string of the molecule is Cc1c(C(N)=O)sc(NC(=O)[C@@H]2CCCO2)c1C(=O)OC(C)C. The van der Waals surface area contributed by atoms with Gasteiger partial charge in [-0.3, -0.25) is 9.59 Å². The van der Waals surface area contributed by atoms with Gasteiger partial charge in [-0.05, 0) is 39.2 Å². The highest BCUT2D eigenvalue weighted by molar-refractivity contribution is 7.18. The molecule has 2 amide bonds. The molecule has 2 rings (SSSR count). The summed E-state index contributed by atoms with van der Waals surface area (Å²) in [5.41, 5.74) is 5.92. The number of hydrogen-bond acceptors (Lipinski definition) is 6. The van der Waals surface area contributed by atoms with Crippen LogP contribution in [0.4, 0.5) is 5.00 Å². The third-order valence-electron chi connectivity index (χ3n) is 3.38. The predicted molar refractivity (Wildman–Crippen MR) is 85.7 cm³/mol. The van der Waals surface area contributed by atoms with Gasteiger partial charge in [0.15, 0.2) is 0 Å². The third kappa shape index (κ3) is 3.89. The molecule has 1 aromatic rings. The molecule has 126 valence electrons. The maximum Gasteiger partial charge on any atom is 0.341 e. The lowest BCUT2D eigenvalue weighted by Crippen LogP contribution is -2.27. The van der Waals surface area contributed by atoms with Crippen molar-refractivity contribution in [1.29, 1.82) is 0 Å². The first-order chi connectivity index (χ1) is 10.8. The van der Waals surface area contributed by atoms with E-state index in [9.17, 15) is 14.4 Å². The minimum absolute atomic E-state index is 0.170. The van der Waals surface area contributed by atoms with Crippen molar-refractivity contribution in [2.24, 2.45) is 5.73 Å². The van der Waals surface area contributed by atoms with Crippen LogP contribution in [-0.2, 0) is 14.3 Å². The number of carbonyl (C=O) groups is 3. The number of anilines is 1. The molecule has 0 bridgehead atoms. The summed E-state index contributed by atoms with van der Waals surface area (Å²) in [6, 6.07) is 0. The quantitative estimate of drug-likeness (QED) is 0.795. The molecule has 0 aliphatic carbocycles. The van der Waals surface area contributed by atoms with Crippen molar-refractivity contribution in [1.82, 2.24) is 0 Å². The zero-order valence-electron chi connectivity index (χ0n) is 13.3. The fraction of sp³-hybridized carbons (Fsp3) is 0.533. The van der Waals surface area contributed by atoms with E-state index in [1.54, 1.807) is 20.8 Å². The molecule has 1 saturated heterocycles. The molecular formula is C15H20N2O5S. The van der Waals surface area contributed by atoms with Crippen molar-refractivity contribution in [3.8, 4) is 0 Å². The van der Waals surface area contributed by atoms with Crippen molar-refractivity contribution in [3.05, 3.63) is 16.0 Å². The van der Waals surface area contributed by atoms with Gasteiger partial charge < -0.3 is 20.5 Å². The Morgan fingerprint density at radius 3 is 2.61 bits per heavy atom. The zero-order chi connectivity index (χ0) is 17.1. The van der Waals surface area contributed by atoms with Gasteiger partial charge in [0.05, 0.1) is 16.5 Å². The number of thiophene rings is 1. The lowest BCUT2D eigenvalue weighted by Gasteiger charge is -2.12. The van der Waals surface area contributed by atoms with Crippen molar-refractivity contribution < 1.29 is 23.9 Å². The Balaban J connectivity index is 2.32. The summed E-state index contributed by atoms with van der Waals surface area (Å²) in [5.74, 6) is -1.58. The number of nitrogens with two attached hydrogens (primary N) is 1. The number of rotatable bonds is 5. The van der Waals surface area contributed by atoms with Gasteiger partial charge in [0.2, 0.25) is 0 Å². The number of nitrogens with one attached hydrogen (secondary N) is 1. The Morgan fingerprint density at radius 1 is 1.39 bits per heavy atom. The summed E-state index contributed by atoms with van der Waals surface area (Å²) >= 11 is 0.974. The molecule has 23 heavy (non-hydrogen) atoms. The van der Waals surface area contributed by atoms with Crippen LogP contribution in [0.1, 0.15) is 52.3 Å². The molecule has 7 nitrogen and oxygen atoms in total. The van der Waals surface area contributed by atoms with Crippen LogP contribution in [0.5, 0.6) is 0 Å². The van der Waals surface area contributed by atoms with Crippen LogP contribution in [0, 0.1) is 6.92 Å². The van der Waals surface area contributed by atoms with E-state index in [4.69, 9.17) is 15.2 Å². The predicted octanol–water partition coefficient (Wildman–Crippen LogP) is 1.84. The molecule has 1 aliphatic rings. The zero-order valence-corrected chi connectivity index (χ0v) is 14.1. The van der Waals surface area contributed by atoms with E-state index in [-0.39, 0.29) is 27.5 Å². The summed E-state index contributed by atoms with van der Waals surface area (Å²) in [6.07, 6.45) is 0.588. The summed E-state index contributed by atoms with van der Waals surface area (Å²) < 4.78 is 10.5. The Hall–Kier alpha value is -1.93. The topological polar surface area (TPSA) is 108 Å². The molecule has 2 heterocycles. The maximum absolute atomic E-state index is 12.3. The van der Waals surface area contributed by atoms with Gasteiger partial charge >= 0.3 is 5.97 Å². The average Bonchev–Trinajstić information content (AvgIpc) is 3.05. The van der Waals surface area contributed by atoms with Crippen LogP contribution in [-0.4, -0.2) is 36.6 Å². The van der Waals surface area contributed by atoms with E-state index in [1.807, 2.05) is 0 Å². The molecule has 8 heteroatoms. The van der Waals surface area contributed by atoms with Crippen LogP contribution in [0.25, 0.3) is 0 Å². The van der Waals surface area contributed by atoms with Crippen LogP contribution in [0.3, 0.4) is 0 Å². The average molecular weight is 340 g/mol. The minimum Gasteiger partial charge on any atom is -0.459 e. The lowest BCUT2D eigenvalue weighted by molar-refractivity contribution is -0.124.